The van der Waals surface area contributed by atoms with Crippen LogP contribution in [-0.4, -0.2) is 67.5 Å². The Bertz CT molecular complexity index is 517. The molecule has 0 bridgehead atoms. The quantitative estimate of drug-likeness (QED) is 0.806. The normalized spacial score (nSPS) is 10.3. The van der Waals surface area contributed by atoms with Gasteiger partial charge in [0.25, 0.3) is 5.91 Å². The highest BCUT2D eigenvalue weighted by Gasteiger charge is 2.21. The van der Waals surface area contributed by atoms with E-state index in [1.165, 1.54) is 16.0 Å². The van der Waals surface area contributed by atoms with E-state index in [0.717, 1.165) is 0 Å². The second kappa shape index (κ2) is 7.58. The van der Waals surface area contributed by atoms with Gasteiger partial charge in [-0.25, -0.2) is 0 Å². The molecule has 0 aliphatic carbocycles. The lowest BCUT2D eigenvalue weighted by Gasteiger charge is -2.24. The fourth-order valence-corrected chi connectivity index (χ4v) is 1.69. The van der Waals surface area contributed by atoms with Crippen LogP contribution in [0.3, 0.4) is 0 Å². The van der Waals surface area contributed by atoms with Crippen LogP contribution >= 0.6 is 0 Å². The molecule has 0 saturated carbocycles. The van der Waals surface area contributed by atoms with Crippen molar-refractivity contribution in [3.05, 3.63) is 23.5 Å². The van der Waals surface area contributed by atoms with Gasteiger partial charge in [0, 0.05) is 27.7 Å². The Balaban J connectivity index is 2.98. The summed E-state index contributed by atoms with van der Waals surface area (Å²) in [6.07, 6.45) is 1.50. The molecule has 1 rings (SSSR count). The number of pyridine rings is 1. The minimum atomic E-state index is -0.278. The Morgan fingerprint density at radius 1 is 1.38 bits per heavy atom. The van der Waals surface area contributed by atoms with Crippen LogP contribution in [0.5, 0.6) is 0 Å². The number of nitrogens with two attached hydrogens (primary N) is 1. The first-order valence-corrected chi connectivity index (χ1v) is 6.57. The van der Waals surface area contributed by atoms with Crippen molar-refractivity contribution in [2.45, 2.75) is 6.92 Å². The van der Waals surface area contributed by atoms with Gasteiger partial charge in [-0.1, -0.05) is 0 Å². The van der Waals surface area contributed by atoms with Gasteiger partial charge in [-0.2, -0.15) is 0 Å². The zero-order valence-electron chi connectivity index (χ0n) is 12.9. The molecule has 0 spiro atoms. The molecule has 0 radical (unpaired) electrons. The Hall–Kier alpha value is -2.15. The molecular weight excluding hydrogens is 272 g/mol. The molecule has 21 heavy (non-hydrogen) atoms. The van der Waals surface area contributed by atoms with Gasteiger partial charge in [-0.15, -0.1) is 0 Å². The van der Waals surface area contributed by atoms with Crippen molar-refractivity contribution in [2.24, 2.45) is 0 Å². The molecule has 116 valence electrons. The van der Waals surface area contributed by atoms with Gasteiger partial charge in [0.15, 0.2) is 0 Å². The van der Waals surface area contributed by atoms with Gasteiger partial charge in [0.1, 0.15) is 6.54 Å². The standard InChI is InChI=1S/C14H22N4O3/c1-10-12(7-11(15)8-16-10)14(20)18(5-6-21-4)9-13(19)17(2)3/h7-8H,5-6,9,15H2,1-4H3. The summed E-state index contributed by atoms with van der Waals surface area (Å²) in [4.78, 5) is 31.4. The number of hydrogen-bond donors (Lipinski definition) is 1. The lowest BCUT2D eigenvalue weighted by molar-refractivity contribution is -0.129. The van der Waals surface area contributed by atoms with E-state index < -0.39 is 0 Å². The molecule has 1 aromatic rings. The van der Waals surface area contributed by atoms with E-state index in [9.17, 15) is 9.59 Å². The fourth-order valence-electron chi connectivity index (χ4n) is 1.69. The maximum atomic E-state index is 12.6. The minimum absolute atomic E-state index is 0.0105. The number of likely N-dealkylation sites (N-methyl/N-ethyl adjacent to an activating group) is 1. The number of carbonyl (C=O) groups is 2. The lowest BCUT2D eigenvalue weighted by Crippen LogP contribution is -2.42. The number of hydrogen-bond acceptors (Lipinski definition) is 5. The first-order valence-electron chi connectivity index (χ1n) is 6.57. The van der Waals surface area contributed by atoms with Gasteiger partial charge in [0.2, 0.25) is 5.91 Å². The molecule has 0 fully saturated rings. The van der Waals surface area contributed by atoms with Crippen LogP contribution in [0.1, 0.15) is 16.1 Å². The summed E-state index contributed by atoms with van der Waals surface area (Å²) in [5.41, 5.74) is 7.07. The molecule has 1 heterocycles. The molecule has 0 aliphatic heterocycles. The molecule has 1 aromatic heterocycles. The zero-order chi connectivity index (χ0) is 16.0. The topological polar surface area (TPSA) is 88.8 Å². The number of anilines is 1. The number of nitrogen functional groups attached to an aromatic ring is 1. The second-order valence-corrected chi connectivity index (χ2v) is 4.91. The minimum Gasteiger partial charge on any atom is -0.397 e. The van der Waals surface area contributed by atoms with Crippen molar-refractivity contribution < 1.29 is 14.3 Å². The second-order valence-electron chi connectivity index (χ2n) is 4.91. The van der Waals surface area contributed by atoms with Crippen LogP contribution in [0.25, 0.3) is 0 Å². The molecule has 7 heteroatoms. The summed E-state index contributed by atoms with van der Waals surface area (Å²) in [5.74, 6) is -0.437. The van der Waals surface area contributed by atoms with E-state index >= 15 is 0 Å². The summed E-state index contributed by atoms with van der Waals surface area (Å²) in [6, 6.07) is 1.57. The van der Waals surface area contributed by atoms with Gasteiger partial charge in [-0.05, 0) is 13.0 Å². The summed E-state index contributed by atoms with van der Waals surface area (Å²) < 4.78 is 5.00. The van der Waals surface area contributed by atoms with Crippen molar-refractivity contribution in [1.82, 2.24) is 14.8 Å². The average molecular weight is 294 g/mol. The van der Waals surface area contributed by atoms with Gasteiger partial charge in [-0.3, -0.25) is 14.6 Å². The van der Waals surface area contributed by atoms with E-state index in [4.69, 9.17) is 10.5 Å². The first kappa shape index (κ1) is 16.9. The largest absolute Gasteiger partial charge is 0.397 e. The van der Waals surface area contributed by atoms with Gasteiger partial charge >= 0.3 is 0 Å². The summed E-state index contributed by atoms with van der Waals surface area (Å²) in [5, 5.41) is 0. The third kappa shape index (κ3) is 4.71. The number of ether oxygens (including phenoxy) is 1. The zero-order valence-corrected chi connectivity index (χ0v) is 12.9. The van der Waals surface area contributed by atoms with Gasteiger partial charge < -0.3 is 20.3 Å². The number of amides is 2. The molecule has 0 unspecified atom stereocenters. The summed E-state index contributed by atoms with van der Waals surface area (Å²) >= 11 is 0. The third-order valence-electron chi connectivity index (χ3n) is 3.02. The summed E-state index contributed by atoms with van der Waals surface area (Å²) in [7, 11) is 4.84. The van der Waals surface area contributed by atoms with Crippen LogP contribution in [-0.2, 0) is 9.53 Å². The Kier molecular flexibility index (Phi) is 6.10. The maximum absolute atomic E-state index is 12.6. The Labute approximate surface area is 124 Å². The molecule has 0 aromatic carbocycles. The van der Waals surface area contributed by atoms with Crippen molar-refractivity contribution in [1.29, 1.82) is 0 Å². The number of aromatic nitrogens is 1. The SMILES string of the molecule is COCCN(CC(=O)N(C)C)C(=O)c1cc(N)cnc1C. The van der Waals surface area contributed by atoms with Crippen molar-refractivity contribution >= 4 is 17.5 Å². The lowest BCUT2D eigenvalue weighted by atomic mass is 10.1. The summed E-state index contributed by atoms with van der Waals surface area (Å²) in [6.45, 7) is 2.39. The predicted molar refractivity (Wildman–Crippen MR) is 79.9 cm³/mol. The Morgan fingerprint density at radius 3 is 2.62 bits per heavy atom. The number of rotatable bonds is 6. The van der Waals surface area contributed by atoms with E-state index in [-0.39, 0.29) is 18.4 Å². The van der Waals surface area contributed by atoms with E-state index in [1.54, 1.807) is 34.2 Å². The Morgan fingerprint density at radius 2 is 2.05 bits per heavy atom. The van der Waals surface area contributed by atoms with Crippen LogP contribution in [0.4, 0.5) is 5.69 Å². The monoisotopic (exact) mass is 294 g/mol. The van der Waals surface area contributed by atoms with E-state index in [2.05, 4.69) is 4.98 Å². The highest BCUT2D eigenvalue weighted by atomic mass is 16.5. The maximum Gasteiger partial charge on any atom is 0.256 e. The van der Waals surface area contributed by atoms with Gasteiger partial charge in [0.05, 0.1) is 29.7 Å². The molecule has 0 saturated heterocycles. The van der Waals surface area contributed by atoms with Crippen LogP contribution in [0, 0.1) is 6.92 Å². The smallest absolute Gasteiger partial charge is 0.256 e. The van der Waals surface area contributed by atoms with Crippen LogP contribution in [0.2, 0.25) is 0 Å². The van der Waals surface area contributed by atoms with Crippen molar-refractivity contribution in [2.75, 3.05) is 46.6 Å². The number of aryl methyl sites for hydroxylation is 1. The van der Waals surface area contributed by atoms with Crippen LogP contribution in [0.15, 0.2) is 12.3 Å². The number of methoxy groups -OCH3 is 1. The third-order valence-corrected chi connectivity index (χ3v) is 3.02. The van der Waals surface area contributed by atoms with Crippen molar-refractivity contribution in [3.8, 4) is 0 Å². The van der Waals surface area contributed by atoms with E-state index in [1.807, 2.05) is 0 Å². The van der Waals surface area contributed by atoms with Crippen LogP contribution < -0.4 is 5.73 Å². The predicted octanol–water partition coefficient (Wildman–Crippen LogP) is 0.149. The fraction of sp³-hybridized carbons (Fsp3) is 0.500. The number of nitrogens with zero attached hydrogens (tertiary/aromatic N) is 3. The highest BCUT2D eigenvalue weighted by Crippen LogP contribution is 2.12. The molecule has 0 atom stereocenters. The molecule has 2 amide bonds. The highest BCUT2D eigenvalue weighted by molar-refractivity contribution is 5.98. The molecule has 2 N–H and O–H groups in total. The number of carbonyl (C=O) groups excluding carboxylic acids is 2. The van der Waals surface area contributed by atoms with Crippen molar-refractivity contribution in [3.63, 3.8) is 0 Å². The molecular formula is C14H22N4O3. The average Bonchev–Trinajstić information content (AvgIpc) is 2.44. The molecule has 7 nitrogen and oxygen atoms in total. The van der Waals surface area contributed by atoms with E-state index in [0.29, 0.717) is 30.1 Å². The first-order chi connectivity index (χ1) is 9.86. The molecule has 0 aliphatic rings.